The van der Waals surface area contributed by atoms with Crippen LogP contribution in [0.4, 0.5) is 5.13 Å². The van der Waals surface area contributed by atoms with Crippen LogP contribution in [0.5, 0.6) is 0 Å². The first-order chi connectivity index (χ1) is 10.7. The van der Waals surface area contributed by atoms with Gasteiger partial charge in [-0.2, -0.15) is 4.98 Å². The second-order valence-corrected chi connectivity index (χ2v) is 6.35. The number of hydrogen-bond acceptors (Lipinski definition) is 5. The predicted molar refractivity (Wildman–Crippen MR) is 92.1 cm³/mol. The summed E-state index contributed by atoms with van der Waals surface area (Å²) in [7, 11) is 0. The van der Waals surface area contributed by atoms with Gasteiger partial charge in [0.15, 0.2) is 5.13 Å². The first kappa shape index (κ1) is 14.7. The molecule has 3 aromatic rings. The Labute approximate surface area is 135 Å². The van der Waals surface area contributed by atoms with E-state index in [1.807, 2.05) is 36.6 Å². The molecule has 0 bridgehead atoms. The first-order valence-electron chi connectivity index (χ1n) is 6.53. The molecule has 2 aromatic carbocycles. The van der Waals surface area contributed by atoms with Crippen molar-refractivity contribution in [3.8, 4) is 0 Å². The maximum Gasteiger partial charge on any atom is 0.281 e. The van der Waals surface area contributed by atoms with Gasteiger partial charge in [-0.05, 0) is 30.5 Å². The Morgan fingerprint density at radius 2 is 1.86 bits per heavy atom. The minimum absolute atomic E-state index is 0.261. The molecule has 0 saturated carbocycles. The Morgan fingerprint density at radius 1 is 1.14 bits per heavy atom. The summed E-state index contributed by atoms with van der Waals surface area (Å²) in [5.41, 5.74) is 0.243. The summed E-state index contributed by atoms with van der Waals surface area (Å²) in [5.74, 6) is -0.261. The van der Waals surface area contributed by atoms with Gasteiger partial charge in [0, 0.05) is 9.60 Å². The average Bonchev–Trinajstić information content (AvgIpc) is 2.55. The maximum absolute atomic E-state index is 12.4. The number of carbonyl (C=O) groups is 1. The van der Waals surface area contributed by atoms with E-state index in [0.29, 0.717) is 16.1 Å². The molecule has 0 unspecified atom stereocenters. The molecule has 4 nitrogen and oxygen atoms in total. The molecule has 0 atom stereocenters. The number of fused-ring (bicyclic) bond motifs is 1. The SMILES string of the molecule is CSc1ccccc1C(=O)Nc1nc(=O)c2ccccc2s1. The highest BCUT2D eigenvalue weighted by atomic mass is 32.2. The van der Waals surface area contributed by atoms with Crippen molar-refractivity contribution < 1.29 is 4.79 Å². The van der Waals surface area contributed by atoms with Gasteiger partial charge in [0.25, 0.3) is 11.5 Å². The molecule has 1 amide bonds. The van der Waals surface area contributed by atoms with E-state index in [9.17, 15) is 9.59 Å². The smallest absolute Gasteiger partial charge is 0.281 e. The summed E-state index contributed by atoms with van der Waals surface area (Å²) in [5, 5.41) is 3.60. The number of amides is 1. The fourth-order valence-corrected chi connectivity index (χ4v) is 3.55. The zero-order valence-electron chi connectivity index (χ0n) is 11.7. The number of rotatable bonds is 3. The fourth-order valence-electron chi connectivity index (χ4n) is 2.06. The van der Waals surface area contributed by atoms with Gasteiger partial charge in [0.2, 0.25) is 0 Å². The number of thioether (sulfide) groups is 1. The molecule has 110 valence electrons. The highest BCUT2D eigenvalue weighted by Crippen LogP contribution is 2.23. The van der Waals surface area contributed by atoms with Crippen molar-refractivity contribution in [3.63, 3.8) is 0 Å². The minimum Gasteiger partial charge on any atom is -0.298 e. The number of nitrogens with zero attached hydrogens (tertiary/aromatic N) is 1. The molecular weight excluding hydrogens is 316 g/mol. The largest absolute Gasteiger partial charge is 0.298 e. The van der Waals surface area contributed by atoms with E-state index in [-0.39, 0.29) is 11.5 Å². The van der Waals surface area contributed by atoms with Gasteiger partial charge in [0.1, 0.15) is 0 Å². The number of anilines is 1. The highest BCUT2D eigenvalue weighted by Gasteiger charge is 2.12. The van der Waals surface area contributed by atoms with Crippen LogP contribution in [0.3, 0.4) is 0 Å². The first-order valence-corrected chi connectivity index (χ1v) is 8.57. The quantitative estimate of drug-likeness (QED) is 0.746. The van der Waals surface area contributed by atoms with Crippen LogP contribution in [-0.4, -0.2) is 17.1 Å². The number of benzene rings is 2. The normalized spacial score (nSPS) is 10.6. The van der Waals surface area contributed by atoms with Crippen LogP contribution in [0, 0.1) is 0 Å². The zero-order valence-corrected chi connectivity index (χ0v) is 13.3. The van der Waals surface area contributed by atoms with Crippen LogP contribution in [0.2, 0.25) is 0 Å². The fraction of sp³-hybridized carbons (Fsp3) is 0.0625. The predicted octanol–water partition coefficient (Wildman–Crippen LogP) is 3.63. The molecule has 0 fully saturated rings. The number of hydrogen-bond donors (Lipinski definition) is 1. The van der Waals surface area contributed by atoms with Crippen molar-refractivity contribution in [2.75, 3.05) is 11.6 Å². The molecule has 0 aliphatic heterocycles. The van der Waals surface area contributed by atoms with Gasteiger partial charge < -0.3 is 0 Å². The van der Waals surface area contributed by atoms with E-state index in [1.165, 1.54) is 23.1 Å². The molecule has 1 N–H and O–H groups in total. The van der Waals surface area contributed by atoms with Crippen molar-refractivity contribution >= 4 is 44.2 Å². The lowest BCUT2D eigenvalue weighted by molar-refractivity contribution is 0.102. The lowest BCUT2D eigenvalue weighted by Crippen LogP contribution is -2.16. The second kappa shape index (κ2) is 6.29. The number of aromatic nitrogens is 1. The van der Waals surface area contributed by atoms with E-state index in [1.54, 1.807) is 18.2 Å². The van der Waals surface area contributed by atoms with Gasteiger partial charge in [-0.3, -0.25) is 14.9 Å². The minimum atomic E-state index is -0.331. The summed E-state index contributed by atoms with van der Waals surface area (Å²) < 4.78 is 0.802. The van der Waals surface area contributed by atoms with Gasteiger partial charge in [-0.1, -0.05) is 35.6 Å². The average molecular weight is 328 g/mol. The zero-order chi connectivity index (χ0) is 15.5. The molecule has 0 spiro atoms. The second-order valence-electron chi connectivity index (χ2n) is 4.47. The summed E-state index contributed by atoms with van der Waals surface area (Å²) in [6, 6.07) is 14.6. The highest BCUT2D eigenvalue weighted by molar-refractivity contribution is 7.98. The van der Waals surface area contributed by atoms with Gasteiger partial charge in [0.05, 0.1) is 10.9 Å². The third-order valence-electron chi connectivity index (χ3n) is 3.10. The van der Waals surface area contributed by atoms with Crippen LogP contribution in [0.1, 0.15) is 10.4 Å². The van der Waals surface area contributed by atoms with Crippen molar-refractivity contribution in [1.29, 1.82) is 0 Å². The Bertz CT molecular complexity index is 906. The molecule has 22 heavy (non-hydrogen) atoms. The van der Waals surface area contributed by atoms with E-state index < -0.39 is 0 Å². The topological polar surface area (TPSA) is 59.1 Å². The Balaban J connectivity index is 1.96. The van der Waals surface area contributed by atoms with Gasteiger partial charge >= 0.3 is 0 Å². The van der Waals surface area contributed by atoms with Crippen LogP contribution in [0.25, 0.3) is 10.1 Å². The van der Waals surface area contributed by atoms with E-state index in [4.69, 9.17) is 0 Å². The summed E-state index contributed by atoms with van der Waals surface area (Å²) >= 11 is 2.79. The van der Waals surface area contributed by atoms with Gasteiger partial charge in [-0.25, -0.2) is 0 Å². The lowest BCUT2D eigenvalue weighted by Gasteiger charge is -2.07. The van der Waals surface area contributed by atoms with Crippen LogP contribution in [0.15, 0.2) is 58.2 Å². The van der Waals surface area contributed by atoms with Crippen LogP contribution < -0.4 is 10.9 Å². The molecule has 1 aromatic heterocycles. The van der Waals surface area contributed by atoms with E-state index in [0.717, 1.165) is 9.60 Å². The third-order valence-corrected chi connectivity index (χ3v) is 4.86. The molecule has 0 radical (unpaired) electrons. The number of nitrogens with one attached hydrogen (secondary N) is 1. The van der Waals surface area contributed by atoms with Crippen molar-refractivity contribution in [1.82, 2.24) is 4.98 Å². The molecule has 3 rings (SSSR count). The van der Waals surface area contributed by atoms with E-state index >= 15 is 0 Å². The molecule has 0 aliphatic rings. The van der Waals surface area contributed by atoms with Crippen LogP contribution in [-0.2, 0) is 0 Å². The summed E-state index contributed by atoms with van der Waals surface area (Å²) in [6.45, 7) is 0. The molecule has 1 heterocycles. The molecule has 6 heteroatoms. The molecule has 0 saturated heterocycles. The summed E-state index contributed by atoms with van der Waals surface area (Å²) in [4.78, 5) is 29.2. The Kier molecular flexibility index (Phi) is 4.22. The maximum atomic E-state index is 12.4. The number of carbonyl (C=O) groups excluding carboxylic acids is 1. The monoisotopic (exact) mass is 328 g/mol. The van der Waals surface area contributed by atoms with Crippen LogP contribution >= 0.6 is 23.1 Å². The van der Waals surface area contributed by atoms with Crippen molar-refractivity contribution in [2.24, 2.45) is 0 Å². The van der Waals surface area contributed by atoms with Crippen molar-refractivity contribution in [2.45, 2.75) is 4.90 Å². The Hall–Kier alpha value is -2.18. The lowest BCUT2D eigenvalue weighted by atomic mass is 10.2. The van der Waals surface area contributed by atoms with Gasteiger partial charge in [-0.15, -0.1) is 11.8 Å². The standard InChI is InChI=1S/C16H12N2O2S2/c1-21-12-8-4-2-6-10(12)14(19)17-16-18-15(20)11-7-3-5-9-13(11)22-16/h2-9H,1H3,(H,17,18,19,20). The third kappa shape index (κ3) is 2.88. The molecular formula is C16H12N2O2S2. The van der Waals surface area contributed by atoms with E-state index in [2.05, 4.69) is 10.3 Å². The molecule has 0 aliphatic carbocycles. The summed E-state index contributed by atoms with van der Waals surface area (Å²) in [6.07, 6.45) is 1.92. The Morgan fingerprint density at radius 3 is 2.68 bits per heavy atom. The van der Waals surface area contributed by atoms with Crippen molar-refractivity contribution in [3.05, 3.63) is 64.4 Å².